The Bertz CT molecular complexity index is 534. The normalized spacial score (nSPS) is 21.5. The lowest BCUT2D eigenvalue weighted by Gasteiger charge is -2.29. The Kier molecular flexibility index (Phi) is 4.24. The highest BCUT2D eigenvalue weighted by Crippen LogP contribution is 2.42. The number of halogens is 2. The van der Waals surface area contributed by atoms with Crippen LogP contribution in [0.4, 0.5) is 11.4 Å². The standard InChI is InChI=1S/C14H17Cl2N3O2/c15-12-6-11(19(20)21)7-13(16)14(12)18(10-3-4-10)8-9-2-1-5-17-9/h6-7,9-10,17H,1-5,8H2. The van der Waals surface area contributed by atoms with Crippen LogP contribution >= 0.6 is 23.2 Å². The Hall–Kier alpha value is -1.04. The maximum Gasteiger partial charge on any atom is 0.272 e. The van der Waals surface area contributed by atoms with Gasteiger partial charge in [0, 0.05) is 30.8 Å². The molecule has 1 saturated heterocycles. The van der Waals surface area contributed by atoms with Crippen LogP contribution in [-0.4, -0.2) is 30.1 Å². The minimum atomic E-state index is -0.471. The predicted molar refractivity (Wildman–Crippen MR) is 84.5 cm³/mol. The van der Waals surface area contributed by atoms with Gasteiger partial charge in [-0.3, -0.25) is 10.1 Å². The molecule has 2 fully saturated rings. The van der Waals surface area contributed by atoms with Gasteiger partial charge in [0.15, 0.2) is 0 Å². The number of nitro benzene ring substituents is 1. The summed E-state index contributed by atoms with van der Waals surface area (Å²) >= 11 is 12.6. The van der Waals surface area contributed by atoms with E-state index in [4.69, 9.17) is 23.2 Å². The van der Waals surface area contributed by atoms with Crippen molar-refractivity contribution in [3.8, 4) is 0 Å². The number of nitro groups is 1. The molecule has 1 aromatic carbocycles. The van der Waals surface area contributed by atoms with Crippen LogP contribution in [0.3, 0.4) is 0 Å². The molecule has 21 heavy (non-hydrogen) atoms. The van der Waals surface area contributed by atoms with Crippen molar-refractivity contribution >= 4 is 34.6 Å². The molecule has 0 amide bonds. The average Bonchev–Trinajstić information content (AvgIpc) is 3.14. The lowest BCUT2D eigenvalue weighted by molar-refractivity contribution is -0.384. The largest absolute Gasteiger partial charge is 0.365 e. The van der Waals surface area contributed by atoms with E-state index in [0.29, 0.717) is 22.1 Å². The van der Waals surface area contributed by atoms with Crippen LogP contribution < -0.4 is 10.2 Å². The molecular weight excluding hydrogens is 313 g/mol. The highest BCUT2D eigenvalue weighted by molar-refractivity contribution is 6.39. The summed E-state index contributed by atoms with van der Waals surface area (Å²) in [5, 5.41) is 15.1. The van der Waals surface area contributed by atoms with Gasteiger partial charge in [-0.15, -0.1) is 0 Å². The molecule has 1 heterocycles. The molecule has 2 aliphatic rings. The lowest BCUT2D eigenvalue weighted by atomic mass is 10.2. The Morgan fingerprint density at radius 3 is 2.43 bits per heavy atom. The molecule has 114 valence electrons. The van der Waals surface area contributed by atoms with E-state index in [1.54, 1.807) is 0 Å². The zero-order valence-electron chi connectivity index (χ0n) is 11.5. The number of nitrogens with one attached hydrogen (secondary N) is 1. The van der Waals surface area contributed by atoms with Gasteiger partial charge in [-0.2, -0.15) is 0 Å². The fourth-order valence-electron chi connectivity index (χ4n) is 2.89. The van der Waals surface area contributed by atoms with E-state index in [1.807, 2.05) is 0 Å². The van der Waals surface area contributed by atoms with Crippen molar-refractivity contribution in [3.05, 3.63) is 32.3 Å². The summed E-state index contributed by atoms with van der Waals surface area (Å²) in [5.74, 6) is 0. The number of nitrogens with zero attached hydrogens (tertiary/aromatic N) is 2. The van der Waals surface area contributed by atoms with Crippen molar-refractivity contribution in [2.45, 2.75) is 37.8 Å². The van der Waals surface area contributed by atoms with Crippen LogP contribution in [0.1, 0.15) is 25.7 Å². The van der Waals surface area contributed by atoms with Crippen molar-refractivity contribution in [3.63, 3.8) is 0 Å². The SMILES string of the molecule is O=[N+]([O-])c1cc(Cl)c(N(CC2CCCN2)C2CC2)c(Cl)c1. The number of non-ortho nitro benzene ring substituents is 1. The Labute approximate surface area is 133 Å². The van der Waals surface area contributed by atoms with Crippen molar-refractivity contribution in [2.24, 2.45) is 0 Å². The first-order valence-electron chi connectivity index (χ1n) is 7.19. The summed E-state index contributed by atoms with van der Waals surface area (Å²) in [6.45, 7) is 1.90. The summed E-state index contributed by atoms with van der Waals surface area (Å²) < 4.78 is 0. The minimum Gasteiger partial charge on any atom is -0.365 e. The summed E-state index contributed by atoms with van der Waals surface area (Å²) in [6, 6.07) is 3.66. The molecule has 1 aliphatic carbocycles. The maximum absolute atomic E-state index is 10.9. The molecule has 0 radical (unpaired) electrons. The van der Waals surface area contributed by atoms with Crippen molar-refractivity contribution in [1.82, 2.24) is 5.32 Å². The molecule has 5 nitrogen and oxygen atoms in total. The summed E-state index contributed by atoms with van der Waals surface area (Å²) in [4.78, 5) is 12.6. The van der Waals surface area contributed by atoms with E-state index in [2.05, 4.69) is 10.2 Å². The lowest BCUT2D eigenvalue weighted by Crippen LogP contribution is -2.39. The first kappa shape index (κ1) is 14.9. The third-order valence-electron chi connectivity index (χ3n) is 4.07. The van der Waals surface area contributed by atoms with Crippen LogP contribution in [0.15, 0.2) is 12.1 Å². The molecule has 1 saturated carbocycles. The average molecular weight is 330 g/mol. The van der Waals surface area contributed by atoms with Crippen LogP contribution in [0, 0.1) is 10.1 Å². The fourth-order valence-corrected chi connectivity index (χ4v) is 3.58. The zero-order valence-corrected chi connectivity index (χ0v) is 13.0. The van der Waals surface area contributed by atoms with Gasteiger partial charge in [0.1, 0.15) is 0 Å². The second-order valence-electron chi connectivity index (χ2n) is 5.69. The third kappa shape index (κ3) is 3.25. The maximum atomic E-state index is 10.9. The molecule has 0 bridgehead atoms. The van der Waals surface area contributed by atoms with Crippen molar-refractivity contribution in [2.75, 3.05) is 18.0 Å². The van der Waals surface area contributed by atoms with Crippen LogP contribution in [0.25, 0.3) is 0 Å². The Morgan fingerprint density at radius 1 is 1.29 bits per heavy atom. The smallest absolute Gasteiger partial charge is 0.272 e. The van der Waals surface area contributed by atoms with Crippen LogP contribution in [-0.2, 0) is 0 Å². The Morgan fingerprint density at radius 2 is 1.95 bits per heavy atom. The molecule has 0 aromatic heterocycles. The number of hydrogen-bond donors (Lipinski definition) is 1. The van der Waals surface area contributed by atoms with Crippen LogP contribution in [0.5, 0.6) is 0 Å². The van der Waals surface area contributed by atoms with E-state index in [9.17, 15) is 10.1 Å². The quantitative estimate of drug-likeness (QED) is 0.662. The third-order valence-corrected chi connectivity index (χ3v) is 4.64. The van der Waals surface area contributed by atoms with E-state index < -0.39 is 4.92 Å². The van der Waals surface area contributed by atoms with Crippen LogP contribution in [0.2, 0.25) is 10.0 Å². The first-order chi connectivity index (χ1) is 10.1. The minimum absolute atomic E-state index is 0.0662. The fraction of sp³-hybridized carbons (Fsp3) is 0.571. The van der Waals surface area contributed by atoms with Crippen molar-refractivity contribution in [1.29, 1.82) is 0 Å². The van der Waals surface area contributed by atoms with Gasteiger partial charge >= 0.3 is 0 Å². The van der Waals surface area contributed by atoms with Gasteiger partial charge in [-0.05, 0) is 32.2 Å². The molecule has 3 rings (SSSR count). The van der Waals surface area contributed by atoms with E-state index >= 15 is 0 Å². The van der Waals surface area contributed by atoms with Gasteiger partial charge in [0.05, 0.1) is 20.7 Å². The van der Waals surface area contributed by atoms with Gasteiger partial charge < -0.3 is 10.2 Å². The zero-order chi connectivity index (χ0) is 15.0. The van der Waals surface area contributed by atoms with Crippen molar-refractivity contribution < 1.29 is 4.92 Å². The molecule has 0 spiro atoms. The van der Waals surface area contributed by atoms with Gasteiger partial charge in [0.2, 0.25) is 0 Å². The number of rotatable bonds is 5. The summed E-state index contributed by atoms with van der Waals surface area (Å²) in [7, 11) is 0. The second-order valence-corrected chi connectivity index (χ2v) is 6.51. The second kappa shape index (κ2) is 5.99. The van der Waals surface area contributed by atoms with Gasteiger partial charge in [-0.25, -0.2) is 0 Å². The molecule has 1 aliphatic heterocycles. The first-order valence-corrected chi connectivity index (χ1v) is 7.95. The number of benzene rings is 1. The van der Waals surface area contributed by atoms with E-state index in [1.165, 1.54) is 18.6 Å². The molecular formula is C14H17Cl2N3O2. The molecule has 1 N–H and O–H groups in total. The summed E-state index contributed by atoms with van der Waals surface area (Å²) in [6.07, 6.45) is 4.57. The summed E-state index contributed by atoms with van der Waals surface area (Å²) in [5.41, 5.74) is 0.670. The molecule has 1 aromatic rings. The number of hydrogen-bond acceptors (Lipinski definition) is 4. The highest BCUT2D eigenvalue weighted by Gasteiger charge is 2.34. The topological polar surface area (TPSA) is 58.4 Å². The molecule has 1 unspecified atom stereocenters. The van der Waals surface area contributed by atoms with E-state index in [0.717, 1.165) is 38.0 Å². The molecule has 7 heteroatoms. The predicted octanol–water partition coefficient (Wildman–Crippen LogP) is 3.62. The van der Waals surface area contributed by atoms with Gasteiger partial charge in [0.25, 0.3) is 5.69 Å². The molecule has 1 atom stereocenters. The highest BCUT2D eigenvalue weighted by atomic mass is 35.5. The Balaban J connectivity index is 1.89. The number of anilines is 1. The monoisotopic (exact) mass is 329 g/mol. The van der Waals surface area contributed by atoms with Gasteiger partial charge in [-0.1, -0.05) is 23.2 Å². The van der Waals surface area contributed by atoms with E-state index in [-0.39, 0.29) is 5.69 Å².